The summed E-state index contributed by atoms with van der Waals surface area (Å²) in [6, 6.07) is 6.59. The lowest BCUT2D eigenvalue weighted by Crippen LogP contribution is -2.57. The van der Waals surface area contributed by atoms with Crippen LogP contribution in [0.3, 0.4) is 0 Å². The van der Waals surface area contributed by atoms with Gasteiger partial charge in [-0.1, -0.05) is 77.8 Å². The first kappa shape index (κ1) is 41.4. The van der Waals surface area contributed by atoms with Gasteiger partial charge in [-0.15, -0.1) is 11.3 Å². The Bertz CT molecular complexity index is 1450. The van der Waals surface area contributed by atoms with Crippen molar-refractivity contribution in [1.82, 2.24) is 36.5 Å². The van der Waals surface area contributed by atoms with Gasteiger partial charge in [0.2, 0.25) is 11.8 Å². The van der Waals surface area contributed by atoms with Crippen molar-refractivity contribution in [2.45, 2.75) is 110 Å². The highest BCUT2D eigenvalue weighted by atomic mass is 32.1. The van der Waals surface area contributed by atoms with Crippen molar-refractivity contribution in [3.05, 3.63) is 52.0 Å². The van der Waals surface area contributed by atoms with Crippen LogP contribution in [0.2, 0.25) is 0 Å². The third-order valence-electron chi connectivity index (χ3n) is 9.79. The van der Waals surface area contributed by atoms with E-state index in [1.807, 2.05) is 70.0 Å². The van der Waals surface area contributed by atoms with E-state index in [0.29, 0.717) is 17.8 Å². The third kappa shape index (κ3) is 12.6. The predicted molar refractivity (Wildman–Crippen MR) is 198 cm³/mol. The average molecular weight is 728 g/mol. The number of likely N-dealkylation sites (N-methyl/N-ethyl adjacent to an activating group) is 1. The summed E-state index contributed by atoms with van der Waals surface area (Å²) in [6.45, 7) is 10.3. The van der Waals surface area contributed by atoms with Crippen molar-refractivity contribution in [2.75, 3.05) is 20.6 Å². The molecule has 0 spiro atoms. The van der Waals surface area contributed by atoms with Gasteiger partial charge < -0.3 is 31.7 Å². The topological polar surface area (TPSA) is 182 Å². The van der Waals surface area contributed by atoms with E-state index in [1.54, 1.807) is 12.3 Å². The molecule has 7 unspecified atom stereocenters. The van der Waals surface area contributed by atoms with Crippen molar-refractivity contribution >= 4 is 41.1 Å². The van der Waals surface area contributed by atoms with E-state index >= 15 is 0 Å². The Kier molecular flexibility index (Phi) is 16.3. The highest BCUT2D eigenvalue weighted by Crippen LogP contribution is 2.26. The monoisotopic (exact) mass is 727 g/mol. The van der Waals surface area contributed by atoms with Crippen molar-refractivity contribution in [2.24, 2.45) is 17.8 Å². The van der Waals surface area contributed by atoms with Crippen LogP contribution in [0.4, 0.5) is 4.79 Å². The molecule has 1 aromatic carbocycles. The van der Waals surface area contributed by atoms with Crippen LogP contribution in [0.15, 0.2) is 35.7 Å². The van der Waals surface area contributed by atoms with Crippen LogP contribution in [-0.2, 0) is 20.8 Å². The Labute approximate surface area is 306 Å². The van der Waals surface area contributed by atoms with Gasteiger partial charge in [-0.25, -0.2) is 9.78 Å². The largest absolute Gasteiger partial charge is 0.481 e. The normalized spacial score (nSPS) is 18.4. The number of thiazole rings is 1. The standard InChI is InChI=1S/C37H57N7O6S/c1-8-23(4)31(43-33(46)30-16-12-13-17-44(30)7)34(47)40-27(22(2)3)20-28(42-37(50)38-6)35-41-29(21-51-35)32(45)39-26(18-24(5)36(48)49)19-25-14-10-9-11-15-25/h9-11,14-15,21-24,26-28,30-31H,8,12-13,16-20H2,1-7H3,(H,39,45)(H,40,47)(H,43,46)(H,48,49)(H2,38,42,50). The Balaban J connectivity index is 1.79. The summed E-state index contributed by atoms with van der Waals surface area (Å²) in [5.41, 5.74) is 1.12. The zero-order valence-electron chi connectivity index (χ0n) is 31.0. The first-order valence-electron chi connectivity index (χ1n) is 18.1. The van der Waals surface area contributed by atoms with Crippen molar-refractivity contribution in [3.63, 3.8) is 0 Å². The van der Waals surface area contributed by atoms with E-state index in [-0.39, 0.29) is 48.2 Å². The Morgan fingerprint density at radius 2 is 1.69 bits per heavy atom. The summed E-state index contributed by atoms with van der Waals surface area (Å²) in [7, 11) is 3.44. The molecule has 0 bridgehead atoms. The smallest absolute Gasteiger partial charge is 0.315 e. The minimum atomic E-state index is -0.942. The number of aliphatic carboxylic acids is 1. The second-order valence-corrected chi connectivity index (χ2v) is 15.0. The molecule has 13 nitrogen and oxygen atoms in total. The quantitative estimate of drug-likeness (QED) is 0.133. The molecule has 282 valence electrons. The van der Waals surface area contributed by atoms with E-state index < -0.39 is 48.0 Å². The molecule has 7 atom stereocenters. The minimum absolute atomic E-state index is 0.0431. The molecule has 14 heteroatoms. The molecule has 0 saturated carbocycles. The van der Waals surface area contributed by atoms with Crippen molar-refractivity contribution < 1.29 is 29.1 Å². The number of hydrogen-bond donors (Lipinski definition) is 6. The van der Waals surface area contributed by atoms with Gasteiger partial charge >= 0.3 is 12.0 Å². The maximum absolute atomic E-state index is 13.9. The number of rotatable bonds is 18. The molecule has 0 radical (unpaired) electrons. The molecule has 2 heterocycles. The first-order chi connectivity index (χ1) is 24.2. The number of carboxylic acids is 1. The van der Waals surface area contributed by atoms with Gasteiger partial charge in [0.05, 0.1) is 18.0 Å². The van der Waals surface area contributed by atoms with Crippen LogP contribution < -0.4 is 26.6 Å². The number of amides is 5. The maximum Gasteiger partial charge on any atom is 0.315 e. The number of piperidine rings is 1. The molecular formula is C37H57N7O6S. The number of likely N-dealkylation sites (tertiary alicyclic amines) is 1. The number of hydrogen-bond acceptors (Lipinski definition) is 8. The van der Waals surface area contributed by atoms with Gasteiger partial charge in [0.15, 0.2) is 0 Å². The average Bonchev–Trinajstić information content (AvgIpc) is 3.60. The van der Waals surface area contributed by atoms with Crippen LogP contribution in [0, 0.1) is 17.8 Å². The lowest BCUT2D eigenvalue weighted by molar-refractivity contribution is -0.141. The van der Waals surface area contributed by atoms with Gasteiger partial charge in [0.1, 0.15) is 16.7 Å². The first-order valence-corrected chi connectivity index (χ1v) is 18.9. The van der Waals surface area contributed by atoms with Crippen LogP contribution in [0.1, 0.15) is 100 Å². The number of nitrogens with zero attached hydrogens (tertiary/aromatic N) is 2. The fourth-order valence-electron chi connectivity index (χ4n) is 6.26. The predicted octanol–water partition coefficient (Wildman–Crippen LogP) is 4.11. The second-order valence-electron chi connectivity index (χ2n) is 14.1. The van der Waals surface area contributed by atoms with E-state index in [9.17, 15) is 29.1 Å². The molecule has 0 aliphatic carbocycles. The lowest BCUT2D eigenvalue weighted by Gasteiger charge is -2.34. The van der Waals surface area contributed by atoms with Gasteiger partial charge in [-0.05, 0) is 63.1 Å². The molecule has 51 heavy (non-hydrogen) atoms. The molecule has 1 saturated heterocycles. The number of aromatic nitrogens is 1. The van der Waals surface area contributed by atoms with Gasteiger partial charge in [0.25, 0.3) is 5.91 Å². The maximum atomic E-state index is 13.9. The van der Waals surface area contributed by atoms with Crippen molar-refractivity contribution in [1.29, 1.82) is 0 Å². The highest BCUT2D eigenvalue weighted by Gasteiger charge is 2.34. The summed E-state index contributed by atoms with van der Waals surface area (Å²) in [4.78, 5) is 71.6. The summed E-state index contributed by atoms with van der Waals surface area (Å²) >= 11 is 1.22. The number of carbonyl (C=O) groups excluding carboxylic acids is 4. The Morgan fingerprint density at radius 3 is 2.29 bits per heavy atom. The van der Waals surface area contributed by atoms with E-state index in [0.717, 1.165) is 31.4 Å². The van der Waals surface area contributed by atoms with Crippen LogP contribution in [0.25, 0.3) is 0 Å². The zero-order valence-corrected chi connectivity index (χ0v) is 31.8. The zero-order chi connectivity index (χ0) is 37.7. The van der Waals surface area contributed by atoms with Crippen molar-refractivity contribution in [3.8, 4) is 0 Å². The molecular weight excluding hydrogens is 671 g/mol. The second kappa shape index (κ2) is 20.1. The number of benzene rings is 1. The third-order valence-corrected chi connectivity index (χ3v) is 10.8. The van der Waals surface area contributed by atoms with Crippen LogP contribution in [0.5, 0.6) is 0 Å². The summed E-state index contributed by atoms with van der Waals surface area (Å²) in [5.74, 6) is -2.64. The summed E-state index contributed by atoms with van der Waals surface area (Å²) in [5, 5.41) is 26.3. The molecule has 1 aliphatic heterocycles. The van der Waals surface area contributed by atoms with E-state index in [2.05, 4.69) is 31.6 Å². The Morgan fingerprint density at radius 1 is 0.980 bits per heavy atom. The lowest BCUT2D eigenvalue weighted by atomic mass is 9.93. The highest BCUT2D eigenvalue weighted by molar-refractivity contribution is 7.09. The minimum Gasteiger partial charge on any atom is -0.481 e. The van der Waals surface area contributed by atoms with Crippen LogP contribution in [-0.4, -0.2) is 89.5 Å². The van der Waals surface area contributed by atoms with E-state index in [4.69, 9.17) is 0 Å². The Hall–Kier alpha value is -4.04. The number of carboxylic acid groups (broad SMARTS) is 1. The summed E-state index contributed by atoms with van der Waals surface area (Å²) in [6.07, 6.45) is 4.43. The van der Waals surface area contributed by atoms with Gasteiger partial charge in [-0.3, -0.25) is 24.1 Å². The molecule has 6 N–H and O–H groups in total. The van der Waals surface area contributed by atoms with E-state index in [1.165, 1.54) is 18.4 Å². The molecule has 2 aromatic rings. The number of carbonyl (C=O) groups is 5. The molecule has 5 amide bonds. The van der Waals surface area contributed by atoms with Gasteiger partial charge in [0, 0.05) is 24.5 Å². The summed E-state index contributed by atoms with van der Waals surface area (Å²) < 4.78 is 0. The molecule has 1 aromatic heterocycles. The molecule has 1 aliphatic rings. The fourth-order valence-corrected chi connectivity index (χ4v) is 7.13. The molecule has 3 rings (SSSR count). The van der Waals surface area contributed by atoms with Gasteiger partial charge in [-0.2, -0.15) is 0 Å². The fraction of sp³-hybridized carbons (Fsp3) is 0.622. The number of nitrogens with one attached hydrogen (secondary N) is 5. The molecule has 1 fully saturated rings. The number of urea groups is 1. The van der Waals surface area contributed by atoms with Crippen LogP contribution >= 0.6 is 11.3 Å². The SMILES string of the molecule is CCC(C)C(NC(=O)C1CCCCN1C)C(=O)NC(CC(NC(=O)NC)c1nc(C(=O)NC(Cc2ccccc2)CC(C)C(=O)O)cs1)C(C)C.